The van der Waals surface area contributed by atoms with Crippen LogP contribution in [0.5, 0.6) is 11.5 Å². The zero-order valence-corrected chi connectivity index (χ0v) is 25.2. The Morgan fingerprint density at radius 1 is 1.02 bits per heavy atom. The molecule has 3 aliphatic rings. The largest absolute Gasteiger partial charge is 0.490 e. The molecule has 2 aromatic carbocycles. The highest BCUT2D eigenvalue weighted by Gasteiger charge is 2.28. The third-order valence-corrected chi connectivity index (χ3v) is 8.76. The lowest BCUT2D eigenvalue weighted by Gasteiger charge is -2.33. The van der Waals surface area contributed by atoms with E-state index in [1.54, 1.807) is 4.68 Å². The highest BCUT2D eigenvalue weighted by Crippen LogP contribution is 2.39. The number of nitrogens with zero attached hydrogens (tertiary/aromatic N) is 5. The number of carbonyl (C=O) groups is 1. The first-order valence-electron chi connectivity index (χ1n) is 15.6. The maximum Gasteiger partial charge on any atom is 0.253 e. The molecule has 0 bridgehead atoms. The summed E-state index contributed by atoms with van der Waals surface area (Å²) in [7, 11) is 3.80. The molecule has 1 aliphatic carbocycles. The van der Waals surface area contributed by atoms with Crippen LogP contribution in [0.3, 0.4) is 0 Å². The molecule has 0 unspecified atom stereocenters. The van der Waals surface area contributed by atoms with Gasteiger partial charge < -0.3 is 19.3 Å². The van der Waals surface area contributed by atoms with Gasteiger partial charge in [-0.2, -0.15) is 0 Å². The maximum atomic E-state index is 14.5. The number of hydrogen-bond donors (Lipinski definition) is 1. The fraction of sp³-hybridized carbons (Fsp3) is 0.515. The molecule has 0 radical (unpaired) electrons. The number of carbonyl (C=O) groups excluding carboxylic acids is 1. The summed E-state index contributed by atoms with van der Waals surface area (Å²) in [6.45, 7) is 2.40. The van der Waals surface area contributed by atoms with Crippen molar-refractivity contribution in [1.82, 2.24) is 19.9 Å². The van der Waals surface area contributed by atoms with E-state index in [4.69, 9.17) is 9.47 Å². The second kappa shape index (κ2) is 13.1. The van der Waals surface area contributed by atoms with E-state index in [0.29, 0.717) is 44.1 Å². The lowest BCUT2D eigenvalue weighted by molar-refractivity contribution is -0.449. The van der Waals surface area contributed by atoms with Gasteiger partial charge in [0, 0.05) is 51.7 Å². The van der Waals surface area contributed by atoms with Crippen LogP contribution in [0.4, 0.5) is 10.2 Å². The molecule has 9 nitrogen and oxygen atoms in total. The molecular formula is C33H42FN6O3+. The summed E-state index contributed by atoms with van der Waals surface area (Å²) in [4.78, 5) is 20.7. The summed E-state index contributed by atoms with van der Waals surface area (Å²) in [5.41, 5.74) is 2.66. The quantitative estimate of drug-likeness (QED) is 0.411. The van der Waals surface area contributed by atoms with Crippen LogP contribution in [0.1, 0.15) is 78.8 Å². The molecule has 3 aromatic rings. The van der Waals surface area contributed by atoms with E-state index in [9.17, 15) is 9.18 Å². The number of rotatable bonds is 9. The van der Waals surface area contributed by atoms with Crippen molar-refractivity contribution in [2.24, 2.45) is 0 Å². The smallest absolute Gasteiger partial charge is 0.253 e. The Balaban J connectivity index is 1.08. The zero-order valence-electron chi connectivity index (χ0n) is 25.2. The van der Waals surface area contributed by atoms with E-state index in [0.717, 1.165) is 48.5 Å². The number of anilines is 1. The fourth-order valence-corrected chi connectivity index (χ4v) is 6.39. The number of benzene rings is 2. The number of piperidine rings is 1. The third kappa shape index (κ3) is 7.17. The van der Waals surface area contributed by atoms with E-state index in [1.165, 1.54) is 37.0 Å². The lowest BCUT2D eigenvalue weighted by Crippen LogP contribution is -2.67. The summed E-state index contributed by atoms with van der Waals surface area (Å²) in [5, 5.41) is 8.25. The van der Waals surface area contributed by atoms with Crippen LogP contribution in [0, 0.1) is 5.82 Å². The molecule has 1 amide bonds. The average Bonchev–Trinajstić information content (AvgIpc) is 3.70. The van der Waals surface area contributed by atoms with Crippen molar-refractivity contribution in [2.75, 3.05) is 38.6 Å². The van der Waals surface area contributed by atoms with Crippen LogP contribution in [-0.4, -0.2) is 78.0 Å². The first kappa shape index (κ1) is 29.1. The van der Waals surface area contributed by atoms with Gasteiger partial charge in [0.1, 0.15) is 29.6 Å². The number of nitrogens with one attached hydrogen (secondary N) is 1. The summed E-state index contributed by atoms with van der Waals surface area (Å²) >= 11 is 0. The molecular weight excluding hydrogens is 547 g/mol. The van der Waals surface area contributed by atoms with E-state index >= 15 is 0 Å². The topological polar surface area (TPSA) is 86.7 Å². The number of hydrogen-bond acceptors (Lipinski definition) is 6. The Labute approximate surface area is 252 Å². The molecule has 2 aliphatic heterocycles. The second-order valence-electron chi connectivity index (χ2n) is 12.2. The predicted molar refractivity (Wildman–Crippen MR) is 163 cm³/mol. The Morgan fingerprint density at radius 2 is 1.84 bits per heavy atom. The molecule has 0 spiro atoms. The Bertz CT molecular complexity index is 1430. The van der Waals surface area contributed by atoms with E-state index in [1.807, 2.05) is 48.3 Å². The number of aromatic nitrogens is 3. The molecule has 1 N–H and O–H groups in total. The summed E-state index contributed by atoms with van der Waals surface area (Å²) in [6, 6.07) is 10.8. The third-order valence-electron chi connectivity index (χ3n) is 8.76. The van der Waals surface area contributed by atoms with Gasteiger partial charge in [-0.15, -0.1) is 5.10 Å². The molecule has 2 fully saturated rings. The van der Waals surface area contributed by atoms with Gasteiger partial charge in [0.05, 0.1) is 19.2 Å². The normalized spacial score (nSPS) is 19.5. The molecule has 10 heteroatoms. The van der Waals surface area contributed by atoms with Crippen molar-refractivity contribution in [2.45, 2.75) is 76.0 Å². The van der Waals surface area contributed by atoms with Crippen molar-refractivity contribution in [3.8, 4) is 11.5 Å². The SMILES string of the molecule is CN(C)c1cn(Cc2cc(F)cc(OC3CCN(C(=O)c4ccc(O[C@H]5CC=[NH+]C5)c(C5CCCCC5)c4)CC3)c2)nn1. The highest BCUT2D eigenvalue weighted by molar-refractivity contribution is 5.94. The predicted octanol–water partition coefficient (Wildman–Crippen LogP) is 3.57. The average molecular weight is 590 g/mol. The van der Waals surface area contributed by atoms with Gasteiger partial charge in [0.25, 0.3) is 5.91 Å². The monoisotopic (exact) mass is 589 g/mol. The minimum atomic E-state index is -0.350. The van der Waals surface area contributed by atoms with Crippen molar-refractivity contribution < 1.29 is 23.7 Å². The molecule has 3 heterocycles. The van der Waals surface area contributed by atoms with Gasteiger partial charge >= 0.3 is 0 Å². The van der Waals surface area contributed by atoms with Crippen LogP contribution >= 0.6 is 0 Å². The number of ether oxygens (including phenoxy) is 2. The van der Waals surface area contributed by atoms with Gasteiger partial charge in [-0.05, 0) is 60.2 Å². The lowest BCUT2D eigenvalue weighted by atomic mass is 9.83. The minimum Gasteiger partial charge on any atom is -0.490 e. The first-order valence-corrected chi connectivity index (χ1v) is 15.6. The molecule has 1 atom stereocenters. The van der Waals surface area contributed by atoms with Gasteiger partial charge in [0.15, 0.2) is 18.5 Å². The summed E-state index contributed by atoms with van der Waals surface area (Å²) < 4.78 is 28.8. The van der Waals surface area contributed by atoms with Gasteiger partial charge in [-0.1, -0.05) is 24.5 Å². The van der Waals surface area contributed by atoms with Crippen molar-refractivity contribution in [3.63, 3.8) is 0 Å². The van der Waals surface area contributed by atoms with Gasteiger partial charge in [0.2, 0.25) is 0 Å². The first-order chi connectivity index (χ1) is 20.9. The van der Waals surface area contributed by atoms with Crippen LogP contribution in [0.2, 0.25) is 0 Å². The summed E-state index contributed by atoms with van der Waals surface area (Å²) in [6.07, 6.45) is 12.2. The van der Waals surface area contributed by atoms with Crippen LogP contribution in [-0.2, 0) is 6.54 Å². The van der Waals surface area contributed by atoms with Gasteiger partial charge in [-0.25, -0.2) is 14.1 Å². The van der Waals surface area contributed by atoms with E-state index in [2.05, 4.69) is 27.6 Å². The standard InChI is InChI=1S/C33H41FN6O3/c1-38(2)32-22-40(37-36-32)21-23-16-26(34)19-29(17-23)42-27-11-14-39(15-12-27)33(41)25-8-9-31(43-28-10-13-35-20-28)30(18-25)24-6-4-3-5-7-24/h8-9,13,16-19,22,24,27-28H,3-7,10-12,14-15,20-21H2,1-2H3/p+1/t28-/m0/s1. The van der Waals surface area contributed by atoms with Crippen LogP contribution in [0.25, 0.3) is 0 Å². The number of amides is 1. The Hall–Kier alpha value is -3.95. The summed E-state index contributed by atoms with van der Waals surface area (Å²) in [5.74, 6) is 2.30. The molecule has 1 saturated carbocycles. The fourth-order valence-electron chi connectivity index (χ4n) is 6.39. The minimum absolute atomic E-state index is 0.0518. The van der Waals surface area contributed by atoms with E-state index < -0.39 is 0 Å². The molecule has 1 saturated heterocycles. The zero-order chi connectivity index (χ0) is 29.8. The molecule has 1 aromatic heterocycles. The van der Waals surface area contributed by atoms with Crippen molar-refractivity contribution >= 4 is 17.9 Å². The maximum absolute atomic E-state index is 14.5. The van der Waals surface area contributed by atoms with E-state index in [-0.39, 0.29) is 23.9 Å². The Kier molecular flexibility index (Phi) is 8.90. The van der Waals surface area contributed by atoms with Crippen molar-refractivity contribution in [3.05, 3.63) is 65.1 Å². The highest BCUT2D eigenvalue weighted by atomic mass is 19.1. The second-order valence-corrected chi connectivity index (χ2v) is 12.2. The van der Waals surface area contributed by atoms with Gasteiger partial charge in [-0.3, -0.25) is 4.79 Å². The van der Waals surface area contributed by atoms with Crippen LogP contribution < -0.4 is 19.4 Å². The molecule has 43 heavy (non-hydrogen) atoms. The number of halogens is 1. The molecule has 6 rings (SSSR count). The van der Waals surface area contributed by atoms with Crippen LogP contribution in [0.15, 0.2) is 42.6 Å². The number of likely N-dealkylation sites (tertiary alicyclic amines) is 1. The molecule has 228 valence electrons. The van der Waals surface area contributed by atoms with Crippen molar-refractivity contribution in [1.29, 1.82) is 0 Å². The Morgan fingerprint density at radius 3 is 2.56 bits per heavy atom.